The monoisotopic (exact) mass is 168 g/mol. The maximum Gasteiger partial charge on any atom is 0.162 e. The van der Waals surface area contributed by atoms with E-state index in [-0.39, 0.29) is 5.78 Å². The molecule has 0 atom stereocenters. The summed E-state index contributed by atoms with van der Waals surface area (Å²) in [5, 5.41) is 0. The van der Waals surface area contributed by atoms with Gasteiger partial charge < -0.3 is 4.74 Å². The van der Waals surface area contributed by atoms with Crippen LogP contribution in [-0.2, 0) is 9.53 Å². The summed E-state index contributed by atoms with van der Waals surface area (Å²) >= 11 is 0. The van der Waals surface area contributed by atoms with Crippen molar-refractivity contribution in [3.05, 3.63) is 11.3 Å². The molecule has 0 heterocycles. The first-order valence-electron chi connectivity index (χ1n) is 4.61. The highest BCUT2D eigenvalue weighted by Gasteiger charge is 2.19. The Labute approximate surface area is 73.6 Å². The lowest BCUT2D eigenvalue weighted by atomic mass is 10.2. The second kappa shape index (κ2) is 4.29. The lowest BCUT2D eigenvalue weighted by molar-refractivity contribution is -0.114. The lowest BCUT2D eigenvalue weighted by Gasteiger charge is -2.05. The number of allylic oxidation sites excluding steroid dienone is 2. The standard InChI is InChI=1S/C10H16O2/c1-3-4-7-12-10-6-5-9(11)8(10)2/h3-7H2,1-2H3. The average molecular weight is 168 g/mol. The second-order valence-corrected chi connectivity index (χ2v) is 3.17. The van der Waals surface area contributed by atoms with Crippen molar-refractivity contribution in [2.75, 3.05) is 6.61 Å². The fourth-order valence-corrected chi connectivity index (χ4v) is 1.28. The molecule has 0 bridgehead atoms. The van der Waals surface area contributed by atoms with Crippen LogP contribution in [0, 0.1) is 0 Å². The highest BCUT2D eigenvalue weighted by Crippen LogP contribution is 2.23. The van der Waals surface area contributed by atoms with Gasteiger partial charge in [0.25, 0.3) is 0 Å². The first kappa shape index (κ1) is 9.30. The molecule has 0 fully saturated rings. The Bertz CT molecular complexity index is 204. The Morgan fingerprint density at radius 3 is 2.67 bits per heavy atom. The highest BCUT2D eigenvalue weighted by atomic mass is 16.5. The van der Waals surface area contributed by atoms with Gasteiger partial charge in [-0.25, -0.2) is 0 Å². The molecule has 68 valence electrons. The second-order valence-electron chi connectivity index (χ2n) is 3.17. The van der Waals surface area contributed by atoms with Crippen LogP contribution in [-0.4, -0.2) is 12.4 Å². The van der Waals surface area contributed by atoms with Crippen LogP contribution in [0.1, 0.15) is 39.5 Å². The van der Waals surface area contributed by atoms with Gasteiger partial charge in [-0.1, -0.05) is 13.3 Å². The maximum absolute atomic E-state index is 11.1. The van der Waals surface area contributed by atoms with Crippen LogP contribution in [0.25, 0.3) is 0 Å². The van der Waals surface area contributed by atoms with Gasteiger partial charge in [0.05, 0.1) is 6.61 Å². The van der Waals surface area contributed by atoms with Gasteiger partial charge >= 0.3 is 0 Å². The fourth-order valence-electron chi connectivity index (χ4n) is 1.28. The minimum Gasteiger partial charge on any atom is -0.498 e. The largest absolute Gasteiger partial charge is 0.498 e. The SMILES string of the molecule is CCCCOC1=C(C)C(=O)CC1. The third kappa shape index (κ3) is 2.10. The van der Waals surface area contributed by atoms with Gasteiger partial charge in [0.2, 0.25) is 0 Å². The molecule has 0 N–H and O–H groups in total. The lowest BCUT2D eigenvalue weighted by Crippen LogP contribution is -1.95. The fraction of sp³-hybridized carbons (Fsp3) is 0.700. The quantitative estimate of drug-likeness (QED) is 0.603. The number of hydrogen-bond donors (Lipinski definition) is 0. The van der Waals surface area contributed by atoms with Gasteiger partial charge in [-0.3, -0.25) is 4.79 Å². The van der Waals surface area contributed by atoms with Gasteiger partial charge in [0, 0.05) is 18.4 Å². The van der Waals surface area contributed by atoms with Crippen molar-refractivity contribution < 1.29 is 9.53 Å². The molecule has 2 heteroatoms. The van der Waals surface area contributed by atoms with Gasteiger partial charge in [-0.15, -0.1) is 0 Å². The molecule has 0 radical (unpaired) electrons. The number of rotatable bonds is 4. The molecule has 1 aliphatic carbocycles. The van der Waals surface area contributed by atoms with Crippen molar-refractivity contribution in [2.24, 2.45) is 0 Å². The third-order valence-electron chi connectivity index (χ3n) is 2.19. The molecule has 0 spiro atoms. The summed E-state index contributed by atoms with van der Waals surface area (Å²) in [4.78, 5) is 11.1. The van der Waals surface area contributed by atoms with E-state index >= 15 is 0 Å². The molecule has 0 saturated carbocycles. The molecule has 0 unspecified atom stereocenters. The summed E-state index contributed by atoms with van der Waals surface area (Å²) in [6.45, 7) is 4.75. The summed E-state index contributed by atoms with van der Waals surface area (Å²) in [7, 11) is 0. The number of Topliss-reactive ketones (excluding diaryl/α,β-unsaturated/α-hetero) is 1. The molecule has 0 aromatic rings. The topological polar surface area (TPSA) is 26.3 Å². The number of ether oxygens (including phenoxy) is 1. The molecule has 12 heavy (non-hydrogen) atoms. The molecule has 0 aromatic heterocycles. The number of ketones is 1. The first-order chi connectivity index (χ1) is 5.75. The van der Waals surface area contributed by atoms with Crippen LogP contribution in [0.3, 0.4) is 0 Å². The van der Waals surface area contributed by atoms with Crippen molar-refractivity contribution in [3.8, 4) is 0 Å². The summed E-state index contributed by atoms with van der Waals surface area (Å²) in [5.74, 6) is 1.18. The van der Waals surface area contributed by atoms with E-state index in [1.54, 1.807) is 0 Å². The number of carbonyl (C=O) groups excluding carboxylic acids is 1. The Hall–Kier alpha value is -0.790. The van der Waals surface area contributed by atoms with Crippen molar-refractivity contribution in [2.45, 2.75) is 39.5 Å². The Balaban J connectivity index is 2.37. The normalized spacial score (nSPS) is 17.3. The van der Waals surface area contributed by atoms with Crippen LogP contribution < -0.4 is 0 Å². The van der Waals surface area contributed by atoms with Gasteiger partial charge in [-0.2, -0.15) is 0 Å². The maximum atomic E-state index is 11.1. The molecule has 0 aliphatic heterocycles. The molecular weight excluding hydrogens is 152 g/mol. The van der Waals surface area contributed by atoms with Crippen molar-refractivity contribution >= 4 is 5.78 Å². The van der Waals surface area contributed by atoms with Gasteiger partial charge in [-0.05, 0) is 13.3 Å². The number of hydrogen-bond acceptors (Lipinski definition) is 2. The molecule has 2 nitrogen and oxygen atoms in total. The van der Waals surface area contributed by atoms with Crippen LogP contribution in [0.4, 0.5) is 0 Å². The van der Waals surface area contributed by atoms with Crippen molar-refractivity contribution in [3.63, 3.8) is 0 Å². The van der Waals surface area contributed by atoms with E-state index in [9.17, 15) is 4.79 Å². The molecule has 0 aromatic carbocycles. The minimum absolute atomic E-state index is 0.251. The van der Waals surface area contributed by atoms with E-state index < -0.39 is 0 Å². The van der Waals surface area contributed by atoms with Crippen molar-refractivity contribution in [1.29, 1.82) is 0 Å². The van der Waals surface area contributed by atoms with Crippen LogP contribution >= 0.6 is 0 Å². The van der Waals surface area contributed by atoms with E-state index in [2.05, 4.69) is 6.92 Å². The summed E-state index contributed by atoms with van der Waals surface area (Å²) < 4.78 is 5.48. The van der Waals surface area contributed by atoms with Crippen molar-refractivity contribution in [1.82, 2.24) is 0 Å². The molecular formula is C10H16O2. The zero-order valence-corrected chi connectivity index (χ0v) is 7.85. The van der Waals surface area contributed by atoms with Crippen LogP contribution in [0.5, 0.6) is 0 Å². The van der Waals surface area contributed by atoms with E-state index in [4.69, 9.17) is 4.74 Å². The van der Waals surface area contributed by atoms with Crippen LogP contribution in [0.2, 0.25) is 0 Å². The Morgan fingerprint density at radius 2 is 2.17 bits per heavy atom. The van der Waals surface area contributed by atoms with E-state index in [1.165, 1.54) is 0 Å². The van der Waals surface area contributed by atoms with E-state index in [1.807, 2.05) is 6.92 Å². The Kier molecular flexibility index (Phi) is 3.32. The molecule has 1 aliphatic rings. The zero-order chi connectivity index (χ0) is 8.97. The van der Waals surface area contributed by atoms with E-state index in [0.717, 1.165) is 37.2 Å². The zero-order valence-electron chi connectivity index (χ0n) is 7.85. The summed E-state index contributed by atoms with van der Waals surface area (Å²) in [6, 6.07) is 0. The van der Waals surface area contributed by atoms with Gasteiger partial charge in [0.15, 0.2) is 5.78 Å². The molecule has 0 saturated heterocycles. The first-order valence-corrected chi connectivity index (χ1v) is 4.61. The summed E-state index contributed by atoms with van der Waals surface area (Å²) in [6.07, 6.45) is 3.67. The number of carbonyl (C=O) groups is 1. The smallest absolute Gasteiger partial charge is 0.162 e. The average Bonchev–Trinajstić information content (AvgIpc) is 2.36. The molecule has 0 amide bonds. The predicted molar refractivity (Wildman–Crippen MR) is 47.8 cm³/mol. The van der Waals surface area contributed by atoms with Crippen LogP contribution in [0.15, 0.2) is 11.3 Å². The highest BCUT2D eigenvalue weighted by molar-refractivity contribution is 5.97. The minimum atomic E-state index is 0.251. The summed E-state index contributed by atoms with van der Waals surface area (Å²) in [5.41, 5.74) is 0.839. The third-order valence-corrected chi connectivity index (χ3v) is 2.19. The van der Waals surface area contributed by atoms with Gasteiger partial charge in [0.1, 0.15) is 5.76 Å². The van der Waals surface area contributed by atoms with E-state index in [0.29, 0.717) is 6.42 Å². The number of unbranched alkanes of at least 4 members (excludes halogenated alkanes) is 1. The predicted octanol–water partition coefficient (Wildman–Crippen LogP) is 2.44. The molecule has 1 rings (SSSR count). The Morgan fingerprint density at radius 1 is 1.42 bits per heavy atom.